The largest absolute Gasteiger partial charge is 0.459 e. The van der Waals surface area contributed by atoms with Crippen LogP contribution in [0.25, 0.3) is 0 Å². The number of hydrogen-bond acceptors (Lipinski definition) is 5. The van der Waals surface area contributed by atoms with Gasteiger partial charge in [0, 0.05) is 28.9 Å². The van der Waals surface area contributed by atoms with Crippen molar-refractivity contribution in [1.29, 1.82) is 0 Å². The molecule has 0 heterocycles. The van der Waals surface area contributed by atoms with Crippen LogP contribution in [0, 0.1) is 0 Å². The Kier molecular flexibility index (Phi) is 4.71. The maximum absolute atomic E-state index is 12.7. The summed E-state index contributed by atoms with van der Waals surface area (Å²) in [6.07, 6.45) is 5.01. The first-order valence-corrected chi connectivity index (χ1v) is 7.97. The van der Waals surface area contributed by atoms with Crippen molar-refractivity contribution in [2.75, 3.05) is 13.2 Å². The van der Waals surface area contributed by atoms with E-state index in [1.165, 1.54) is 0 Å². The Morgan fingerprint density at radius 2 is 2.00 bits per heavy atom. The molecule has 0 amide bonds. The molecule has 0 spiro atoms. The van der Waals surface area contributed by atoms with Gasteiger partial charge in [0.15, 0.2) is 11.6 Å². The maximum Gasteiger partial charge on any atom is 0.332 e. The molecule has 0 atom stereocenters. The topological polar surface area (TPSA) is 69.7 Å². The quantitative estimate of drug-likeness (QED) is 0.778. The molecule has 1 aromatic rings. The number of ketones is 2. The van der Waals surface area contributed by atoms with Crippen molar-refractivity contribution < 1.29 is 23.9 Å². The van der Waals surface area contributed by atoms with E-state index in [1.54, 1.807) is 31.2 Å². The van der Waals surface area contributed by atoms with E-state index in [-0.39, 0.29) is 24.8 Å². The third-order valence-corrected chi connectivity index (χ3v) is 4.09. The number of fused-ring (bicyclic) bond motifs is 1. The van der Waals surface area contributed by atoms with Gasteiger partial charge in [0.25, 0.3) is 0 Å². The number of allylic oxidation sites excluding steroid dienone is 4. The van der Waals surface area contributed by atoms with Crippen LogP contribution in [0.5, 0.6) is 0 Å². The molecule has 5 heteroatoms. The van der Waals surface area contributed by atoms with Crippen molar-refractivity contribution in [2.24, 2.45) is 0 Å². The lowest BCUT2D eigenvalue weighted by Gasteiger charge is -2.22. The van der Waals surface area contributed by atoms with Crippen LogP contribution in [0.2, 0.25) is 0 Å². The molecule has 0 fully saturated rings. The summed E-state index contributed by atoms with van der Waals surface area (Å²) < 4.78 is 10.1. The van der Waals surface area contributed by atoms with E-state index in [0.29, 0.717) is 40.9 Å². The lowest BCUT2D eigenvalue weighted by molar-refractivity contribution is -0.150. The molecular formula is C19H18O5. The summed E-state index contributed by atoms with van der Waals surface area (Å²) in [7, 11) is 0. The van der Waals surface area contributed by atoms with Crippen molar-refractivity contribution in [2.45, 2.75) is 26.4 Å². The van der Waals surface area contributed by atoms with Gasteiger partial charge >= 0.3 is 5.97 Å². The molecule has 0 saturated carbocycles. The first-order chi connectivity index (χ1) is 11.6. The summed E-state index contributed by atoms with van der Waals surface area (Å²) in [5, 5.41) is 0. The first-order valence-electron chi connectivity index (χ1n) is 7.97. The lowest BCUT2D eigenvalue weighted by Crippen LogP contribution is -2.23. The van der Waals surface area contributed by atoms with E-state index in [0.717, 1.165) is 6.42 Å². The highest BCUT2D eigenvalue weighted by molar-refractivity contribution is 6.28. The summed E-state index contributed by atoms with van der Waals surface area (Å²) in [4.78, 5) is 36.7. The van der Waals surface area contributed by atoms with Gasteiger partial charge in [-0.15, -0.1) is 0 Å². The molecule has 2 aliphatic carbocycles. The molecule has 0 aliphatic heterocycles. The minimum atomic E-state index is -0.459. The van der Waals surface area contributed by atoms with Gasteiger partial charge < -0.3 is 9.47 Å². The van der Waals surface area contributed by atoms with E-state index in [2.05, 4.69) is 0 Å². The van der Waals surface area contributed by atoms with E-state index in [9.17, 15) is 14.4 Å². The average molecular weight is 326 g/mol. The smallest absolute Gasteiger partial charge is 0.332 e. The van der Waals surface area contributed by atoms with Crippen LogP contribution in [0.1, 0.15) is 46.0 Å². The van der Waals surface area contributed by atoms with Gasteiger partial charge in [0.2, 0.25) is 0 Å². The van der Waals surface area contributed by atoms with E-state index >= 15 is 0 Å². The average Bonchev–Trinajstić information content (AvgIpc) is 2.62. The Balaban J connectivity index is 1.80. The fourth-order valence-electron chi connectivity index (χ4n) is 2.88. The molecule has 0 N–H and O–H groups in total. The number of Topliss-reactive ketones (excluding diaryl/α,β-unsaturated/α-hetero) is 2. The van der Waals surface area contributed by atoms with Crippen LogP contribution < -0.4 is 0 Å². The number of ether oxygens (including phenoxy) is 2. The molecule has 0 unspecified atom stereocenters. The minimum Gasteiger partial charge on any atom is -0.459 e. The molecule has 2 aliphatic rings. The Morgan fingerprint density at radius 1 is 1.17 bits per heavy atom. The Bertz CT molecular complexity index is 770. The summed E-state index contributed by atoms with van der Waals surface area (Å²) >= 11 is 0. The van der Waals surface area contributed by atoms with Crippen molar-refractivity contribution in [3.8, 4) is 0 Å². The fraction of sp³-hybridized carbons (Fsp3) is 0.316. The molecule has 124 valence electrons. The van der Waals surface area contributed by atoms with Crippen LogP contribution in [0.3, 0.4) is 0 Å². The second kappa shape index (κ2) is 6.93. The predicted octanol–water partition coefficient (Wildman–Crippen LogP) is 2.79. The normalized spacial score (nSPS) is 16.0. The molecule has 3 rings (SSSR count). The fourth-order valence-corrected chi connectivity index (χ4v) is 2.88. The monoisotopic (exact) mass is 326 g/mol. The van der Waals surface area contributed by atoms with Gasteiger partial charge in [-0.1, -0.05) is 18.2 Å². The summed E-state index contributed by atoms with van der Waals surface area (Å²) in [5.41, 5.74) is 2.58. The number of carbonyl (C=O) groups excluding carboxylic acids is 3. The van der Waals surface area contributed by atoms with Gasteiger partial charge in [-0.25, -0.2) is 4.79 Å². The van der Waals surface area contributed by atoms with Crippen LogP contribution >= 0.6 is 0 Å². The summed E-state index contributed by atoms with van der Waals surface area (Å²) in [6, 6.07) is 4.98. The highest BCUT2D eigenvalue weighted by atomic mass is 16.6. The Hall–Kier alpha value is -2.53. The predicted molar refractivity (Wildman–Crippen MR) is 86.8 cm³/mol. The molecule has 0 bridgehead atoms. The van der Waals surface area contributed by atoms with Crippen molar-refractivity contribution in [3.05, 3.63) is 58.2 Å². The third-order valence-electron chi connectivity index (χ3n) is 4.09. The molecule has 0 saturated heterocycles. The van der Waals surface area contributed by atoms with Gasteiger partial charge in [0.05, 0.1) is 0 Å². The van der Waals surface area contributed by atoms with Gasteiger partial charge in [-0.3, -0.25) is 9.59 Å². The number of hydrogen-bond donors (Lipinski definition) is 0. The zero-order chi connectivity index (χ0) is 17.1. The lowest BCUT2D eigenvalue weighted by atomic mass is 9.79. The second-order valence-electron chi connectivity index (χ2n) is 5.67. The maximum atomic E-state index is 12.7. The number of benzene rings is 1. The molecule has 5 nitrogen and oxygen atoms in total. The molecule has 1 aromatic carbocycles. The Morgan fingerprint density at radius 3 is 2.79 bits per heavy atom. The molecule has 24 heavy (non-hydrogen) atoms. The van der Waals surface area contributed by atoms with Crippen LogP contribution in [0.4, 0.5) is 0 Å². The summed E-state index contributed by atoms with van der Waals surface area (Å²) in [6.45, 7) is 2.19. The standard InChI is InChI=1S/C19H18O5/c1-2-23-11-17(20)24-10-12-7-8-15-16(9-12)19(22)14-6-4-3-5-13(14)18(15)21/h3,5,7-9H,2,4,6,10-11H2,1H3. The summed E-state index contributed by atoms with van der Waals surface area (Å²) in [5.74, 6) is -0.679. The van der Waals surface area contributed by atoms with Crippen molar-refractivity contribution in [3.63, 3.8) is 0 Å². The highest BCUT2D eigenvalue weighted by Gasteiger charge is 2.31. The van der Waals surface area contributed by atoms with Crippen molar-refractivity contribution in [1.82, 2.24) is 0 Å². The van der Waals surface area contributed by atoms with Gasteiger partial charge in [-0.05, 0) is 37.5 Å². The zero-order valence-corrected chi connectivity index (χ0v) is 13.5. The first kappa shape index (κ1) is 16.3. The Labute approximate surface area is 139 Å². The highest BCUT2D eigenvalue weighted by Crippen LogP contribution is 2.32. The number of esters is 1. The number of rotatable bonds is 5. The van der Waals surface area contributed by atoms with Crippen LogP contribution in [-0.4, -0.2) is 30.7 Å². The number of carbonyl (C=O) groups is 3. The minimum absolute atomic E-state index is 0.0481. The van der Waals surface area contributed by atoms with Crippen LogP contribution in [0.15, 0.2) is 41.5 Å². The third kappa shape index (κ3) is 3.08. The van der Waals surface area contributed by atoms with Gasteiger partial charge in [-0.2, -0.15) is 0 Å². The second-order valence-corrected chi connectivity index (χ2v) is 5.67. The van der Waals surface area contributed by atoms with Crippen LogP contribution in [-0.2, 0) is 20.9 Å². The van der Waals surface area contributed by atoms with Crippen molar-refractivity contribution >= 4 is 17.5 Å². The zero-order valence-electron chi connectivity index (χ0n) is 13.5. The van der Waals surface area contributed by atoms with E-state index in [4.69, 9.17) is 9.47 Å². The van der Waals surface area contributed by atoms with E-state index < -0.39 is 5.97 Å². The SMILES string of the molecule is CCOCC(=O)OCc1ccc2c(c1)C(=O)C1=C(C=CCC1)C2=O. The molecule has 0 aromatic heterocycles. The van der Waals surface area contributed by atoms with E-state index in [1.807, 2.05) is 6.08 Å². The molecular weight excluding hydrogens is 308 g/mol. The van der Waals surface area contributed by atoms with Gasteiger partial charge in [0.1, 0.15) is 13.2 Å². The molecule has 0 radical (unpaired) electrons.